The summed E-state index contributed by atoms with van der Waals surface area (Å²) in [5, 5.41) is 41.0. The Morgan fingerprint density at radius 3 is 0.662 bits per heavy atom. The molecule has 4 aliphatic heterocycles. The second-order valence-electron chi connectivity index (χ2n) is 20.7. The summed E-state index contributed by atoms with van der Waals surface area (Å²) in [5.74, 6) is -6.14. The van der Waals surface area contributed by atoms with E-state index in [-0.39, 0.29) is 69.0 Å². The summed E-state index contributed by atoms with van der Waals surface area (Å²) in [5.41, 5.74) is 4.84. The summed E-state index contributed by atoms with van der Waals surface area (Å²) in [6.45, 7) is 3.34. The molecule has 0 spiro atoms. The zero-order chi connectivity index (χ0) is 56.5. The van der Waals surface area contributed by atoms with Crippen molar-refractivity contribution in [3.05, 3.63) is 68.8 Å². The first-order chi connectivity index (χ1) is 38.9. The SMILES string of the molecule is CCCCCC1c2cc3c4c(OCC(=O)O)c2OCOc2c1cc1c(c2OCC(=O)O)OCOc2c(cc5c(c2OCC(=O)O)OCOc2c(cc(c(c2OCC(=O)O)OCO4)C3CCCCC)C5CCCCC)C1CCCCC. The number of rotatable bonds is 28. The van der Waals surface area contributed by atoms with Crippen molar-refractivity contribution in [2.45, 2.75) is 154 Å². The van der Waals surface area contributed by atoms with E-state index >= 15 is 0 Å². The molecule has 0 amide bonds. The molecule has 0 radical (unpaired) electrons. The van der Waals surface area contributed by atoms with E-state index in [1.807, 2.05) is 24.3 Å². The molecule has 432 valence electrons. The van der Waals surface area contributed by atoms with Crippen molar-refractivity contribution in [3.8, 4) is 69.0 Å². The van der Waals surface area contributed by atoms with Crippen molar-refractivity contribution in [1.82, 2.24) is 0 Å². The van der Waals surface area contributed by atoms with Crippen LogP contribution in [-0.4, -0.2) is 97.9 Å². The molecule has 80 heavy (non-hydrogen) atoms. The highest BCUT2D eigenvalue weighted by atomic mass is 16.7. The molecule has 0 unspecified atom stereocenters. The molecule has 4 N–H and O–H groups in total. The van der Waals surface area contributed by atoms with Crippen LogP contribution in [0.5, 0.6) is 69.0 Å². The van der Waals surface area contributed by atoms with Crippen LogP contribution in [0.2, 0.25) is 0 Å². The molecule has 20 nitrogen and oxygen atoms in total. The number of hydrogen-bond donors (Lipinski definition) is 4. The van der Waals surface area contributed by atoms with Gasteiger partial charge in [-0.2, -0.15) is 0 Å². The zero-order valence-corrected chi connectivity index (χ0v) is 45.9. The first kappa shape index (κ1) is 57.1. The van der Waals surface area contributed by atoms with Crippen molar-refractivity contribution in [3.63, 3.8) is 0 Å². The number of carboxylic acid groups (broad SMARTS) is 4. The lowest BCUT2D eigenvalue weighted by Gasteiger charge is -2.37. The van der Waals surface area contributed by atoms with Gasteiger partial charge in [0, 0.05) is 68.2 Å². The molecule has 5 aliphatic rings. The summed E-state index contributed by atoms with van der Waals surface area (Å²) in [4.78, 5) is 50.3. The van der Waals surface area contributed by atoms with Crippen LogP contribution in [-0.2, 0) is 19.2 Å². The summed E-state index contributed by atoms with van der Waals surface area (Å²) in [6.07, 6.45) is 11.4. The van der Waals surface area contributed by atoms with Gasteiger partial charge in [0.2, 0.25) is 50.2 Å². The number of ether oxygens (including phenoxy) is 12. The van der Waals surface area contributed by atoms with Gasteiger partial charge in [0.1, 0.15) is 0 Å². The smallest absolute Gasteiger partial charge is 0.341 e. The van der Waals surface area contributed by atoms with E-state index in [0.29, 0.717) is 95.9 Å². The molecule has 0 aromatic heterocycles. The van der Waals surface area contributed by atoms with Gasteiger partial charge in [-0.1, -0.05) is 105 Å². The third kappa shape index (κ3) is 11.9. The second-order valence-corrected chi connectivity index (χ2v) is 20.7. The standard InChI is InChI=1S/C60H72O20/c1-5-9-13-17-33-37-21-39-34(18-14-10-6-2)41-23-43-36(20-16-12-8-4)44-24-42-35(19-15-11-7-3)40-22-38(33)50-58(70-26-46(63)64)52(40)76-31-78-54(42)60(72-28-48(67)68)56(44)80-32-79-55(43)59(71-27-47(65)66)53(41)77-30-75-51(39)57(69-25-45(61)62)49(37)73-29-74-50/h21-24,33-36H,5-20,25-32H2,1-4H3,(H,61,62)(H,63,64)(H,65,66)(H,67,68). The molecule has 0 atom stereocenters. The van der Waals surface area contributed by atoms with Gasteiger partial charge in [-0.3, -0.25) is 0 Å². The number of benzene rings is 4. The van der Waals surface area contributed by atoms with E-state index in [1.54, 1.807) is 0 Å². The van der Waals surface area contributed by atoms with Crippen LogP contribution in [0, 0.1) is 0 Å². The minimum Gasteiger partial charge on any atom is -0.479 e. The minimum absolute atomic E-state index is 0.0114. The van der Waals surface area contributed by atoms with Gasteiger partial charge < -0.3 is 77.3 Å². The third-order valence-electron chi connectivity index (χ3n) is 15.4. The molecule has 0 fully saturated rings. The lowest BCUT2D eigenvalue weighted by molar-refractivity contribution is -0.140. The van der Waals surface area contributed by atoms with Gasteiger partial charge >= 0.3 is 23.9 Å². The topological polar surface area (TPSA) is 260 Å². The van der Waals surface area contributed by atoms with Crippen LogP contribution < -0.4 is 56.8 Å². The van der Waals surface area contributed by atoms with Crippen LogP contribution in [0.4, 0.5) is 0 Å². The van der Waals surface area contributed by atoms with Crippen LogP contribution in [0.15, 0.2) is 24.3 Å². The third-order valence-corrected chi connectivity index (χ3v) is 15.4. The molecule has 0 saturated heterocycles. The lowest BCUT2D eigenvalue weighted by Crippen LogP contribution is -2.25. The quantitative estimate of drug-likeness (QED) is 0.0385. The van der Waals surface area contributed by atoms with Crippen molar-refractivity contribution >= 4 is 23.9 Å². The second kappa shape index (κ2) is 26.1. The highest BCUT2D eigenvalue weighted by molar-refractivity contribution is 5.76. The summed E-state index contributed by atoms with van der Waals surface area (Å²) >= 11 is 0. The van der Waals surface area contributed by atoms with E-state index in [0.717, 1.165) is 51.4 Å². The Kier molecular flexibility index (Phi) is 18.6. The Labute approximate surface area is 464 Å². The van der Waals surface area contributed by atoms with Gasteiger partial charge in [0.25, 0.3) is 0 Å². The summed E-state index contributed by atoms with van der Waals surface area (Å²) < 4.78 is 78.5. The van der Waals surface area contributed by atoms with Crippen molar-refractivity contribution in [1.29, 1.82) is 0 Å². The van der Waals surface area contributed by atoms with Crippen LogP contribution in [0.1, 0.15) is 199 Å². The largest absolute Gasteiger partial charge is 0.479 e. The highest BCUT2D eigenvalue weighted by Crippen LogP contribution is 2.62. The number of hydrogen-bond acceptors (Lipinski definition) is 16. The van der Waals surface area contributed by atoms with E-state index in [2.05, 4.69) is 27.7 Å². The predicted octanol–water partition coefficient (Wildman–Crippen LogP) is 11.6. The van der Waals surface area contributed by atoms with Gasteiger partial charge in [-0.25, -0.2) is 19.2 Å². The molecule has 8 bridgehead atoms. The maximum atomic E-state index is 12.6. The van der Waals surface area contributed by atoms with Gasteiger partial charge in [-0.05, 0) is 49.9 Å². The van der Waals surface area contributed by atoms with Crippen LogP contribution >= 0.6 is 0 Å². The molecule has 4 aromatic rings. The summed E-state index contributed by atoms with van der Waals surface area (Å²) in [7, 11) is 0. The fourth-order valence-corrected chi connectivity index (χ4v) is 11.9. The van der Waals surface area contributed by atoms with Gasteiger partial charge in [0.05, 0.1) is 0 Å². The Balaban J connectivity index is 1.52. The molecule has 4 heterocycles. The number of aliphatic carboxylic acids is 4. The summed E-state index contributed by atoms with van der Waals surface area (Å²) in [6, 6.07) is 8.12. The van der Waals surface area contributed by atoms with Crippen molar-refractivity contribution in [2.75, 3.05) is 53.6 Å². The van der Waals surface area contributed by atoms with Crippen molar-refractivity contribution in [2.24, 2.45) is 0 Å². The normalized spacial score (nSPS) is 17.8. The first-order valence-corrected chi connectivity index (χ1v) is 28.1. The highest BCUT2D eigenvalue weighted by Gasteiger charge is 2.43. The monoisotopic (exact) mass is 1110 g/mol. The number of carbonyl (C=O) groups is 4. The molecule has 9 rings (SSSR count). The average Bonchev–Trinajstić information content (AvgIpc) is 3.61. The molecular formula is C60H72O20. The van der Waals surface area contributed by atoms with Crippen LogP contribution in [0.3, 0.4) is 0 Å². The lowest BCUT2D eigenvalue weighted by atomic mass is 9.75. The van der Waals surface area contributed by atoms with E-state index < -0.39 is 101 Å². The first-order valence-electron chi connectivity index (χ1n) is 28.1. The number of carboxylic acids is 4. The fourth-order valence-electron chi connectivity index (χ4n) is 11.9. The van der Waals surface area contributed by atoms with E-state index in [4.69, 9.17) is 56.8 Å². The minimum atomic E-state index is -1.25. The van der Waals surface area contributed by atoms with Gasteiger partial charge in [-0.15, -0.1) is 0 Å². The van der Waals surface area contributed by atoms with Gasteiger partial charge in [0.15, 0.2) is 72.4 Å². The zero-order valence-electron chi connectivity index (χ0n) is 45.9. The number of unbranched alkanes of at least 4 members (excludes halogenated alkanes) is 8. The molecule has 20 heteroatoms. The average molecular weight is 1110 g/mol. The Bertz CT molecular complexity index is 2420. The fraction of sp³-hybridized carbons (Fsp3) is 0.533. The maximum Gasteiger partial charge on any atom is 0.341 e. The van der Waals surface area contributed by atoms with E-state index in [1.165, 1.54) is 0 Å². The molecule has 4 aromatic carbocycles. The molecule has 0 saturated carbocycles. The van der Waals surface area contributed by atoms with Crippen molar-refractivity contribution < 1.29 is 96.4 Å². The molecule has 1 aliphatic carbocycles. The Hall–Kier alpha value is -7.64. The predicted molar refractivity (Wildman–Crippen MR) is 287 cm³/mol. The van der Waals surface area contributed by atoms with Crippen LogP contribution in [0.25, 0.3) is 0 Å². The Morgan fingerprint density at radius 1 is 0.338 bits per heavy atom. The molecular weight excluding hydrogens is 1040 g/mol. The Morgan fingerprint density at radius 2 is 0.512 bits per heavy atom. The van der Waals surface area contributed by atoms with E-state index in [9.17, 15) is 39.6 Å². The maximum absolute atomic E-state index is 12.6.